The van der Waals surface area contributed by atoms with E-state index in [1.54, 1.807) is 97.1 Å². The molecule has 0 aliphatic heterocycles. The van der Waals surface area contributed by atoms with Gasteiger partial charge >= 0.3 is 0 Å². The molecule has 2 aliphatic rings. The van der Waals surface area contributed by atoms with E-state index in [4.69, 9.17) is 9.47 Å². The molecule has 0 aromatic heterocycles. The van der Waals surface area contributed by atoms with E-state index in [1.807, 2.05) is 170 Å². The summed E-state index contributed by atoms with van der Waals surface area (Å²) in [6, 6.07) is 86.3. The summed E-state index contributed by atoms with van der Waals surface area (Å²) in [6.07, 6.45) is 3.49. The number of benzene rings is 14. The second kappa shape index (κ2) is 25.8. The number of hydrogen-bond donors (Lipinski definition) is 0. The van der Waals surface area contributed by atoms with Gasteiger partial charge in [0, 0.05) is 47.0 Å². The molecule has 0 saturated heterocycles. The molecule has 0 N–H and O–H groups in total. The summed E-state index contributed by atoms with van der Waals surface area (Å²) in [7, 11) is 0. The van der Waals surface area contributed by atoms with Gasteiger partial charge in [-0.2, -0.15) is 0 Å². The molecule has 2 atom stereocenters. The fraction of sp³-hybridized carbons (Fsp3) is 0.0222. The van der Waals surface area contributed by atoms with Gasteiger partial charge < -0.3 is 19.3 Å². The summed E-state index contributed by atoms with van der Waals surface area (Å²) >= 11 is 0. The molecule has 4 nitrogen and oxygen atoms in total. The number of nitrogens with zero attached hydrogens (tertiary/aromatic N) is 2. The van der Waals surface area contributed by atoms with E-state index in [0.29, 0.717) is 80.1 Å². The topological polar surface area (TPSA) is 24.9 Å². The van der Waals surface area contributed by atoms with Crippen LogP contribution in [0.3, 0.4) is 0 Å². The third-order valence-corrected chi connectivity index (χ3v) is 19.4. The molecule has 0 fully saturated rings. The molecule has 0 radical (unpaired) electrons. The predicted octanol–water partition coefficient (Wildman–Crippen LogP) is 25.0. The monoisotopic (exact) mass is 1350 g/mol. The maximum absolute atomic E-state index is 16.7. The van der Waals surface area contributed by atoms with Crippen LogP contribution in [-0.2, 0) is 10.8 Å². The maximum Gasteiger partial charge on any atom is 0.182 e. The van der Waals surface area contributed by atoms with Crippen molar-refractivity contribution in [1.82, 2.24) is 0 Å². The van der Waals surface area contributed by atoms with Crippen molar-refractivity contribution in [3.8, 4) is 56.4 Å². The van der Waals surface area contributed by atoms with Crippen LogP contribution in [0.2, 0.25) is 0 Å². The third kappa shape index (κ3) is 11.0. The van der Waals surface area contributed by atoms with Crippen molar-refractivity contribution in [1.29, 1.82) is 0 Å². The number of hydrogen-bond acceptors (Lipinski definition) is 4. The first kappa shape index (κ1) is 63.9. The number of anilines is 6. The Morgan fingerprint density at radius 1 is 0.275 bits per heavy atom. The highest BCUT2D eigenvalue weighted by Gasteiger charge is 2.48. The Morgan fingerprint density at radius 2 is 0.578 bits per heavy atom. The summed E-state index contributed by atoms with van der Waals surface area (Å²) in [6.45, 7) is 7.69. The molecular weight excluding hydrogens is 1290 g/mol. The van der Waals surface area contributed by atoms with Crippen molar-refractivity contribution in [3.05, 3.63) is 419 Å². The number of fused-ring (bicyclic) bond motifs is 6. The lowest BCUT2D eigenvalue weighted by Gasteiger charge is -2.35. The Labute approximate surface area is 583 Å². The summed E-state index contributed by atoms with van der Waals surface area (Å²) in [5.74, 6) is -6.02. The molecule has 0 saturated carbocycles. The molecule has 12 heteroatoms. The third-order valence-electron chi connectivity index (χ3n) is 19.4. The standard InChI is InChI=1S/C90H56F8N2O2/c1-3-55-13-39-71(40-14-55)101-73-43-25-61(26-44-73)89(59-21-29-63(91)30-22-59)79-11-7-5-9-75(79)77-47-37-69(53-81(77)89)99(85-51-65(93)49-83(95)87(85)97)67-33-17-57(18-34-67)58-19-35-68(36-20-58)100(86-52-66(94)50-84(96)88(86)98)70-38-48-78-76-10-6-8-12-80(76)90(82(78)54-70,60-23-31-64(92)32-24-60)62-27-45-74(46-28-62)102-72-41-15-56(4-2)16-42-72/h3-54H,1-2H2. The Morgan fingerprint density at radius 3 is 0.922 bits per heavy atom. The zero-order valence-corrected chi connectivity index (χ0v) is 54.2. The first-order chi connectivity index (χ1) is 49.7. The SMILES string of the molecule is C=Cc1ccc(Oc2ccc(C3(c4ccc(F)cc4)c4ccccc4-c4ccc(N(c5ccc(-c6ccc(N(c7ccc8c(c7)C(c7ccc(F)cc7)(c7ccc(Oc9ccc(C=C)cc9)cc7)c7ccccc7-8)c7cc(F)cc(F)c7F)cc6)cc5)c5cc(F)cc(F)c5F)cc43)cc2)cc1. The molecule has 16 rings (SSSR count). The first-order valence-corrected chi connectivity index (χ1v) is 32.8. The molecule has 14 aromatic rings. The van der Waals surface area contributed by atoms with Crippen LogP contribution in [0.1, 0.15) is 55.6 Å². The van der Waals surface area contributed by atoms with Crippen molar-refractivity contribution in [2.24, 2.45) is 0 Å². The van der Waals surface area contributed by atoms with Gasteiger partial charge in [0.15, 0.2) is 23.3 Å². The maximum atomic E-state index is 16.7. The Hall–Kier alpha value is -12.8. The van der Waals surface area contributed by atoms with Gasteiger partial charge in [-0.25, -0.2) is 35.1 Å². The van der Waals surface area contributed by atoms with Crippen LogP contribution in [0.4, 0.5) is 69.2 Å². The van der Waals surface area contributed by atoms with E-state index in [0.717, 1.165) is 78.9 Å². The van der Waals surface area contributed by atoms with Gasteiger partial charge in [-0.05, 0) is 210 Å². The summed E-state index contributed by atoms with van der Waals surface area (Å²) in [5, 5.41) is 0. The van der Waals surface area contributed by atoms with Crippen LogP contribution in [0.25, 0.3) is 45.5 Å². The summed E-state index contributed by atoms with van der Waals surface area (Å²) in [5.41, 5.74) is 10.9. The minimum absolute atomic E-state index is 0.314. The highest BCUT2D eigenvalue weighted by Crippen LogP contribution is 2.60. The Kier molecular flexibility index (Phi) is 16.2. The zero-order chi connectivity index (χ0) is 70.0. The van der Waals surface area contributed by atoms with Gasteiger partial charge in [0.2, 0.25) is 0 Å². The van der Waals surface area contributed by atoms with Gasteiger partial charge in [-0.1, -0.05) is 183 Å². The Balaban J connectivity index is 0.789. The van der Waals surface area contributed by atoms with E-state index in [-0.39, 0.29) is 0 Å². The van der Waals surface area contributed by atoms with E-state index < -0.39 is 68.7 Å². The molecule has 102 heavy (non-hydrogen) atoms. The fourth-order valence-corrected chi connectivity index (χ4v) is 14.8. The predicted molar refractivity (Wildman–Crippen MR) is 389 cm³/mol. The van der Waals surface area contributed by atoms with E-state index in [2.05, 4.69) is 13.2 Å². The molecule has 0 heterocycles. The fourth-order valence-electron chi connectivity index (χ4n) is 14.8. The van der Waals surface area contributed by atoms with Crippen LogP contribution in [0.5, 0.6) is 23.0 Å². The lowest BCUT2D eigenvalue weighted by atomic mass is 9.67. The molecule has 2 aliphatic carbocycles. The lowest BCUT2D eigenvalue weighted by molar-refractivity contribution is 0.482. The van der Waals surface area contributed by atoms with Crippen LogP contribution in [0.15, 0.2) is 316 Å². The summed E-state index contributed by atoms with van der Waals surface area (Å²) < 4.78 is 139. The molecule has 2 unspecified atom stereocenters. The number of halogens is 8. The van der Waals surface area contributed by atoms with Crippen LogP contribution < -0.4 is 19.3 Å². The molecule has 0 bridgehead atoms. The molecule has 14 aromatic carbocycles. The summed E-state index contributed by atoms with van der Waals surface area (Å²) in [4.78, 5) is 2.89. The van der Waals surface area contributed by atoms with Crippen LogP contribution >= 0.6 is 0 Å². The van der Waals surface area contributed by atoms with E-state index >= 15 is 35.1 Å². The van der Waals surface area contributed by atoms with Crippen LogP contribution in [0, 0.1) is 46.5 Å². The largest absolute Gasteiger partial charge is 0.457 e. The van der Waals surface area contributed by atoms with Gasteiger partial charge in [0.05, 0.1) is 22.2 Å². The minimum Gasteiger partial charge on any atom is -0.457 e. The van der Waals surface area contributed by atoms with Crippen molar-refractivity contribution >= 4 is 46.3 Å². The normalized spacial score (nSPS) is 14.6. The van der Waals surface area contributed by atoms with Gasteiger partial charge in [0.1, 0.15) is 46.3 Å². The smallest absolute Gasteiger partial charge is 0.182 e. The minimum atomic E-state index is -1.41. The van der Waals surface area contributed by atoms with Gasteiger partial charge in [-0.3, -0.25) is 0 Å². The first-order valence-electron chi connectivity index (χ1n) is 32.8. The van der Waals surface area contributed by atoms with E-state index in [9.17, 15) is 0 Å². The average molecular weight is 1350 g/mol. The van der Waals surface area contributed by atoms with Crippen molar-refractivity contribution in [3.63, 3.8) is 0 Å². The van der Waals surface area contributed by atoms with Crippen molar-refractivity contribution in [2.75, 3.05) is 9.80 Å². The van der Waals surface area contributed by atoms with Crippen molar-refractivity contribution < 1.29 is 44.6 Å². The highest BCUT2D eigenvalue weighted by atomic mass is 19.2. The lowest BCUT2D eigenvalue weighted by Crippen LogP contribution is -2.29. The van der Waals surface area contributed by atoms with Crippen LogP contribution in [-0.4, -0.2) is 0 Å². The second-order valence-corrected chi connectivity index (χ2v) is 25.1. The molecular formula is C90H56F8N2O2. The zero-order valence-electron chi connectivity index (χ0n) is 54.2. The van der Waals surface area contributed by atoms with Crippen molar-refractivity contribution in [2.45, 2.75) is 10.8 Å². The van der Waals surface area contributed by atoms with E-state index in [1.165, 1.54) is 34.1 Å². The second-order valence-electron chi connectivity index (χ2n) is 25.1. The average Bonchev–Trinajstić information content (AvgIpc) is 1.54. The molecule has 0 amide bonds. The molecule has 0 spiro atoms. The highest BCUT2D eigenvalue weighted by molar-refractivity contribution is 5.92. The Bertz CT molecular complexity index is 5230. The number of rotatable bonds is 17. The van der Waals surface area contributed by atoms with Gasteiger partial charge in [-0.15, -0.1) is 0 Å². The quantitative estimate of drug-likeness (QED) is 0.0670. The molecule has 494 valence electrons. The number of ether oxygens (including phenoxy) is 2. The van der Waals surface area contributed by atoms with Gasteiger partial charge in [0.25, 0.3) is 0 Å².